The Kier molecular flexibility index (Phi) is 3.27. The molecule has 0 unspecified atom stereocenters. The lowest BCUT2D eigenvalue weighted by molar-refractivity contribution is 0.617. The largest absolute Gasteiger partial charge is 0.436 e. The molecule has 23 heavy (non-hydrogen) atoms. The Morgan fingerprint density at radius 3 is 2.65 bits per heavy atom. The molecule has 0 saturated heterocycles. The van der Waals surface area contributed by atoms with Crippen LogP contribution >= 0.6 is 0 Å². The minimum atomic E-state index is 0.669. The summed E-state index contributed by atoms with van der Waals surface area (Å²) in [6.07, 6.45) is 0. The number of aryl methyl sites for hydroxylation is 1. The third kappa shape index (κ3) is 2.44. The van der Waals surface area contributed by atoms with E-state index in [1.807, 2.05) is 18.2 Å². The molecule has 0 spiro atoms. The fourth-order valence-corrected chi connectivity index (χ4v) is 2.95. The molecule has 0 radical (unpaired) electrons. The van der Waals surface area contributed by atoms with Crippen LogP contribution in [-0.2, 0) is 0 Å². The highest BCUT2D eigenvalue weighted by Crippen LogP contribution is 2.30. The zero-order chi connectivity index (χ0) is 15.8. The van der Waals surface area contributed by atoms with Gasteiger partial charge in [-0.25, -0.2) is 4.98 Å². The van der Waals surface area contributed by atoms with E-state index in [0.717, 1.165) is 34.5 Å². The molecule has 1 N–H and O–H groups in total. The maximum absolute atomic E-state index is 6.03. The molecule has 1 heterocycles. The van der Waals surface area contributed by atoms with Gasteiger partial charge >= 0.3 is 0 Å². The lowest BCUT2D eigenvalue weighted by atomic mass is 10.1. The molecule has 4 rings (SSSR count). The van der Waals surface area contributed by atoms with Crippen LogP contribution in [0, 0.1) is 6.92 Å². The quantitative estimate of drug-likeness (QED) is 0.551. The summed E-state index contributed by atoms with van der Waals surface area (Å²) in [5, 5.41) is 5.74. The van der Waals surface area contributed by atoms with E-state index in [0.29, 0.717) is 5.89 Å². The van der Waals surface area contributed by atoms with Gasteiger partial charge in [-0.05, 0) is 54.4 Å². The first-order valence-corrected chi connectivity index (χ1v) is 7.89. The lowest BCUT2D eigenvalue weighted by Crippen LogP contribution is -1.96. The lowest BCUT2D eigenvalue weighted by Gasteiger charge is -2.03. The molecule has 3 nitrogen and oxygen atoms in total. The van der Waals surface area contributed by atoms with E-state index < -0.39 is 0 Å². The van der Waals surface area contributed by atoms with E-state index in [2.05, 4.69) is 60.5 Å². The molecule has 4 aromatic rings. The van der Waals surface area contributed by atoms with Gasteiger partial charge in [0.25, 0.3) is 0 Å². The van der Waals surface area contributed by atoms with Crippen LogP contribution in [0.5, 0.6) is 0 Å². The predicted molar refractivity (Wildman–Crippen MR) is 95.9 cm³/mol. The monoisotopic (exact) mass is 302 g/mol. The standard InChI is InChI=1S/C20H18N2O/c1-3-21-17-10-13(2)19-18(12-17)22-20(23-19)16-9-8-14-6-4-5-7-15(14)11-16/h4-12,21H,3H2,1-2H3. The normalized spacial score (nSPS) is 11.2. The zero-order valence-corrected chi connectivity index (χ0v) is 13.3. The molecule has 0 amide bonds. The molecule has 0 atom stereocenters. The summed E-state index contributed by atoms with van der Waals surface area (Å²) in [5.74, 6) is 0.669. The SMILES string of the molecule is CCNc1cc(C)c2oc(-c3ccc4ccccc4c3)nc2c1. The molecule has 0 bridgehead atoms. The molecule has 3 aromatic carbocycles. The zero-order valence-electron chi connectivity index (χ0n) is 13.3. The van der Waals surface area contributed by atoms with Gasteiger partial charge in [-0.3, -0.25) is 0 Å². The molecule has 0 aliphatic heterocycles. The predicted octanol–water partition coefficient (Wildman–Crippen LogP) is 5.39. The first-order valence-electron chi connectivity index (χ1n) is 7.89. The second-order valence-electron chi connectivity index (χ2n) is 5.75. The minimum absolute atomic E-state index is 0.669. The third-order valence-corrected chi connectivity index (χ3v) is 4.05. The van der Waals surface area contributed by atoms with Crippen LogP contribution in [-0.4, -0.2) is 11.5 Å². The molecular formula is C20H18N2O. The van der Waals surface area contributed by atoms with Crippen molar-refractivity contribution in [1.82, 2.24) is 4.98 Å². The average molecular weight is 302 g/mol. The number of fused-ring (bicyclic) bond motifs is 2. The van der Waals surface area contributed by atoms with Crippen LogP contribution < -0.4 is 5.32 Å². The average Bonchev–Trinajstić information content (AvgIpc) is 2.99. The Balaban J connectivity index is 1.85. The number of nitrogens with zero attached hydrogens (tertiary/aromatic N) is 1. The van der Waals surface area contributed by atoms with Crippen LogP contribution in [0.15, 0.2) is 59.0 Å². The summed E-state index contributed by atoms with van der Waals surface area (Å²) >= 11 is 0. The minimum Gasteiger partial charge on any atom is -0.436 e. The van der Waals surface area contributed by atoms with Crippen molar-refractivity contribution in [1.29, 1.82) is 0 Å². The van der Waals surface area contributed by atoms with Crippen LogP contribution in [0.25, 0.3) is 33.3 Å². The fourth-order valence-electron chi connectivity index (χ4n) is 2.95. The second kappa shape index (κ2) is 5.43. The van der Waals surface area contributed by atoms with E-state index in [9.17, 15) is 0 Å². The Bertz CT molecular complexity index is 1000. The van der Waals surface area contributed by atoms with Crippen molar-refractivity contribution in [3.8, 4) is 11.5 Å². The Morgan fingerprint density at radius 1 is 1.00 bits per heavy atom. The summed E-state index contributed by atoms with van der Waals surface area (Å²) in [6.45, 7) is 5.03. The molecule has 0 aliphatic rings. The van der Waals surface area contributed by atoms with Gasteiger partial charge in [-0.15, -0.1) is 0 Å². The van der Waals surface area contributed by atoms with Gasteiger partial charge in [0.1, 0.15) is 5.52 Å². The van der Waals surface area contributed by atoms with Gasteiger partial charge in [0.15, 0.2) is 5.58 Å². The maximum Gasteiger partial charge on any atom is 0.227 e. The van der Waals surface area contributed by atoms with Crippen LogP contribution in [0.4, 0.5) is 5.69 Å². The summed E-state index contributed by atoms with van der Waals surface area (Å²) < 4.78 is 6.03. The van der Waals surface area contributed by atoms with Gasteiger partial charge in [0, 0.05) is 17.8 Å². The van der Waals surface area contributed by atoms with Crippen molar-refractivity contribution < 1.29 is 4.42 Å². The van der Waals surface area contributed by atoms with E-state index in [4.69, 9.17) is 4.42 Å². The molecule has 0 saturated carbocycles. The highest BCUT2D eigenvalue weighted by atomic mass is 16.3. The second-order valence-corrected chi connectivity index (χ2v) is 5.75. The van der Waals surface area contributed by atoms with Gasteiger partial charge in [0.2, 0.25) is 5.89 Å². The topological polar surface area (TPSA) is 38.1 Å². The summed E-state index contributed by atoms with van der Waals surface area (Å²) in [7, 11) is 0. The van der Waals surface area contributed by atoms with Crippen LogP contribution in [0.1, 0.15) is 12.5 Å². The molecule has 0 aliphatic carbocycles. The number of nitrogens with one attached hydrogen (secondary N) is 1. The number of hydrogen-bond donors (Lipinski definition) is 1. The van der Waals surface area contributed by atoms with E-state index in [-0.39, 0.29) is 0 Å². The van der Waals surface area contributed by atoms with Gasteiger partial charge in [-0.1, -0.05) is 30.3 Å². The number of aromatic nitrogens is 1. The van der Waals surface area contributed by atoms with Crippen molar-refractivity contribution in [2.75, 3.05) is 11.9 Å². The maximum atomic E-state index is 6.03. The molecule has 1 aromatic heterocycles. The van der Waals surface area contributed by atoms with Crippen LogP contribution in [0.2, 0.25) is 0 Å². The fraction of sp³-hybridized carbons (Fsp3) is 0.150. The van der Waals surface area contributed by atoms with Crippen LogP contribution in [0.3, 0.4) is 0 Å². The van der Waals surface area contributed by atoms with E-state index >= 15 is 0 Å². The van der Waals surface area contributed by atoms with Gasteiger partial charge in [0.05, 0.1) is 0 Å². The number of anilines is 1. The number of benzene rings is 3. The first kappa shape index (κ1) is 13.8. The summed E-state index contributed by atoms with van der Waals surface area (Å²) in [4.78, 5) is 4.69. The Labute approximate surface area is 135 Å². The van der Waals surface area contributed by atoms with Crippen molar-refractivity contribution in [2.45, 2.75) is 13.8 Å². The molecule has 3 heteroatoms. The Morgan fingerprint density at radius 2 is 1.83 bits per heavy atom. The van der Waals surface area contributed by atoms with E-state index in [1.165, 1.54) is 10.8 Å². The van der Waals surface area contributed by atoms with Crippen molar-refractivity contribution in [3.05, 3.63) is 60.2 Å². The van der Waals surface area contributed by atoms with Crippen molar-refractivity contribution >= 4 is 27.6 Å². The first-order chi connectivity index (χ1) is 11.2. The van der Waals surface area contributed by atoms with E-state index in [1.54, 1.807) is 0 Å². The number of hydrogen-bond acceptors (Lipinski definition) is 3. The van der Waals surface area contributed by atoms with Crippen molar-refractivity contribution in [2.24, 2.45) is 0 Å². The summed E-state index contributed by atoms with van der Waals surface area (Å²) in [5.41, 5.74) is 4.93. The van der Waals surface area contributed by atoms with Gasteiger partial charge in [-0.2, -0.15) is 0 Å². The molecule has 0 fully saturated rings. The highest BCUT2D eigenvalue weighted by molar-refractivity contribution is 5.88. The Hall–Kier alpha value is -2.81. The highest BCUT2D eigenvalue weighted by Gasteiger charge is 2.11. The van der Waals surface area contributed by atoms with Gasteiger partial charge < -0.3 is 9.73 Å². The summed E-state index contributed by atoms with van der Waals surface area (Å²) in [6, 6.07) is 18.7. The third-order valence-electron chi connectivity index (χ3n) is 4.05. The smallest absolute Gasteiger partial charge is 0.227 e. The van der Waals surface area contributed by atoms with Crippen molar-refractivity contribution in [3.63, 3.8) is 0 Å². The number of oxazole rings is 1. The molecular weight excluding hydrogens is 284 g/mol. The molecule has 114 valence electrons. The number of rotatable bonds is 3.